The molecule has 2 aromatic rings. The van der Waals surface area contributed by atoms with Gasteiger partial charge in [0.15, 0.2) is 0 Å². The van der Waals surface area contributed by atoms with E-state index in [1.54, 1.807) is 0 Å². The second-order valence-electron chi connectivity index (χ2n) is 5.96. The van der Waals surface area contributed by atoms with E-state index in [4.69, 9.17) is 16.0 Å². The molecular formula is C20H25ClO2Si. The summed E-state index contributed by atoms with van der Waals surface area (Å²) in [5, 5.41) is 1.65. The molecule has 0 heterocycles. The Balaban J connectivity index is 2.53. The van der Waals surface area contributed by atoms with Gasteiger partial charge < -0.3 is 4.43 Å². The van der Waals surface area contributed by atoms with Crippen LogP contribution in [-0.4, -0.2) is 19.7 Å². The molecule has 1 unspecified atom stereocenters. The van der Waals surface area contributed by atoms with Crippen LogP contribution in [0.25, 0.3) is 0 Å². The fourth-order valence-electron chi connectivity index (χ4n) is 2.87. The van der Waals surface area contributed by atoms with E-state index in [1.807, 2.05) is 43.3 Å². The third-order valence-corrected chi connectivity index (χ3v) is 8.88. The van der Waals surface area contributed by atoms with E-state index >= 15 is 0 Å². The van der Waals surface area contributed by atoms with Crippen molar-refractivity contribution in [2.24, 2.45) is 0 Å². The van der Waals surface area contributed by atoms with Gasteiger partial charge in [0.2, 0.25) is 0 Å². The molecule has 0 aliphatic carbocycles. The molecule has 0 aromatic heterocycles. The minimum absolute atomic E-state index is 0.297. The van der Waals surface area contributed by atoms with Crippen LogP contribution in [0.4, 0.5) is 0 Å². The first-order valence-electron chi connectivity index (χ1n) is 8.62. The molecule has 2 rings (SSSR count). The fraction of sp³-hybridized carbons (Fsp3) is 0.350. The van der Waals surface area contributed by atoms with E-state index in [-0.39, 0.29) is 5.97 Å². The molecule has 0 amide bonds. The van der Waals surface area contributed by atoms with Crippen molar-refractivity contribution < 1.29 is 9.22 Å². The molecule has 24 heavy (non-hydrogen) atoms. The molecule has 2 nitrogen and oxygen atoms in total. The second kappa shape index (κ2) is 9.05. The Labute approximate surface area is 150 Å². The number of benzene rings is 2. The number of hydrogen-bond acceptors (Lipinski definition) is 2. The summed E-state index contributed by atoms with van der Waals surface area (Å²) in [6, 6.07) is 21.2. The predicted octanol–water partition coefficient (Wildman–Crippen LogP) is 4.11. The molecule has 1 atom stereocenters. The number of hydrogen-bond donors (Lipinski definition) is 0. The lowest BCUT2D eigenvalue weighted by molar-refractivity contribution is -0.134. The molecule has 0 aliphatic heterocycles. The summed E-state index contributed by atoms with van der Waals surface area (Å²) in [5.74, 6) is -0.297. The third-order valence-electron chi connectivity index (χ3n) is 4.25. The van der Waals surface area contributed by atoms with Gasteiger partial charge in [-0.1, -0.05) is 87.4 Å². The average molecular weight is 361 g/mol. The SMILES string of the molecule is CCCC[Si](OC(=O)C(Cl)CC)(c1ccccc1)c1ccccc1. The summed E-state index contributed by atoms with van der Waals surface area (Å²) in [7, 11) is -2.64. The zero-order chi connectivity index (χ0) is 17.4. The van der Waals surface area contributed by atoms with Gasteiger partial charge >= 0.3 is 14.3 Å². The van der Waals surface area contributed by atoms with E-state index in [0.29, 0.717) is 6.42 Å². The van der Waals surface area contributed by atoms with Gasteiger partial charge in [-0.15, -0.1) is 11.6 Å². The van der Waals surface area contributed by atoms with E-state index in [0.717, 1.165) is 29.3 Å². The van der Waals surface area contributed by atoms with Crippen LogP contribution in [0.1, 0.15) is 33.1 Å². The van der Waals surface area contributed by atoms with Gasteiger partial charge in [0.1, 0.15) is 5.38 Å². The zero-order valence-electron chi connectivity index (χ0n) is 14.4. The first-order chi connectivity index (χ1) is 11.6. The first-order valence-corrected chi connectivity index (χ1v) is 11.2. The van der Waals surface area contributed by atoms with Crippen LogP contribution >= 0.6 is 11.6 Å². The molecular weight excluding hydrogens is 336 g/mol. The Bertz CT molecular complexity index is 591. The summed E-state index contributed by atoms with van der Waals surface area (Å²) in [6.45, 7) is 4.06. The van der Waals surface area contributed by atoms with Crippen LogP contribution < -0.4 is 10.4 Å². The van der Waals surface area contributed by atoms with Crippen LogP contribution in [0.3, 0.4) is 0 Å². The number of unbranched alkanes of at least 4 members (excludes halogenated alkanes) is 1. The Morgan fingerprint density at radius 2 is 1.50 bits per heavy atom. The van der Waals surface area contributed by atoms with E-state index < -0.39 is 13.7 Å². The largest absolute Gasteiger partial charge is 0.509 e. The predicted molar refractivity (Wildman–Crippen MR) is 104 cm³/mol. The standard InChI is InChI=1S/C20H25ClO2Si/c1-3-5-16-24(17-12-8-6-9-13-17,18-14-10-7-11-15-18)23-20(22)19(21)4-2/h6-15,19H,3-5,16H2,1-2H3. The highest BCUT2D eigenvalue weighted by molar-refractivity contribution is 6.98. The van der Waals surface area contributed by atoms with Crippen molar-refractivity contribution in [3.63, 3.8) is 0 Å². The number of rotatable bonds is 8. The van der Waals surface area contributed by atoms with Crippen molar-refractivity contribution >= 4 is 36.3 Å². The average Bonchev–Trinajstić information content (AvgIpc) is 2.65. The summed E-state index contributed by atoms with van der Waals surface area (Å²) in [6.07, 6.45) is 2.65. The topological polar surface area (TPSA) is 26.3 Å². The maximum absolute atomic E-state index is 12.6. The lowest BCUT2D eigenvalue weighted by atomic mass is 10.3. The molecule has 0 aliphatic rings. The Hall–Kier alpha value is -1.58. The second-order valence-corrected chi connectivity index (χ2v) is 10.00. The van der Waals surface area contributed by atoms with Gasteiger partial charge in [-0.2, -0.15) is 0 Å². The van der Waals surface area contributed by atoms with Gasteiger partial charge in [-0.25, -0.2) is 0 Å². The Morgan fingerprint density at radius 1 is 1.00 bits per heavy atom. The monoisotopic (exact) mass is 360 g/mol. The molecule has 0 fully saturated rings. The zero-order valence-corrected chi connectivity index (χ0v) is 16.1. The van der Waals surface area contributed by atoms with Crippen molar-refractivity contribution in [3.05, 3.63) is 60.7 Å². The van der Waals surface area contributed by atoms with Crippen molar-refractivity contribution in [1.82, 2.24) is 0 Å². The summed E-state index contributed by atoms with van der Waals surface area (Å²) < 4.78 is 6.23. The van der Waals surface area contributed by atoms with Gasteiger partial charge in [0, 0.05) is 0 Å². The molecule has 128 valence electrons. The fourth-order valence-corrected chi connectivity index (χ4v) is 7.03. The van der Waals surface area contributed by atoms with Crippen LogP contribution in [0.2, 0.25) is 6.04 Å². The van der Waals surface area contributed by atoms with Gasteiger partial charge in [0.05, 0.1) is 0 Å². The van der Waals surface area contributed by atoms with Gasteiger partial charge in [-0.3, -0.25) is 4.79 Å². The van der Waals surface area contributed by atoms with Crippen LogP contribution in [0, 0.1) is 0 Å². The van der Waals surface area contributed by atoms with Crippen molar-refractivity contribution in [1.29, 1.82) is 0 Å². The number of carbonyl (C=O) groups excluding carboxylic acids is 1. The minimum atomic E-state index is -2.64. The molecule has 0 saturated heterocycles. The van der Waals surface area contributed by atoms with E-state index in [1.165, 1.54) is 0 Å². The Morgan fingerprint density at radius 3 is 1.92 bits per heavy atom. The maximum atomic E-state index is 12.6. The van der Waals surface area contributed by atoms with Crippen molar-refractivity contribution in [2.75, 3.05) is 0 Å². The number of halogens is 1. The minimum Gasteiger partial charge on any atom is -0.509 e. The van der Waals surface area contributed by atoms with E-state index in [9.17, 15) is 4.79 Å². The first kappa shape index (κ1) is 18.8. The van der Waals surface area contributed by atoms with Crippen LogP contribution in [0.5, 0.6) is 0 Å². The lowest BCUT2D eigenvalue weighted by Crippen LogP contribution is -2.62. The molecule has 0 bridgehead atoms. The molecule has 0 saturated carbocycles. The highest BCUT2D eigenvalue weighted by Crippen LogP contribution is 2.19. The highest BCUT2D eigenvalue weighted by atomic mass is 35.5. The van der Waals surface area contributed by atoms with Crippen LogP contribution in [-0.2, 0) is 9.22 Å². The third kappa shape index (κ3) is 4.28. The molecule has 0 spiro atoms. The van der Waals surface area contributed by atoms with Crippen molar-refractivity contribution in [2.45, 2.75) is 44.5 Å². The van der Waals surface area contributed by atoms with Gasteiger partial charge in [0.25, 0.3) is 0 Å². The quantitative estimate of drug-likeness (QED) is 0.523. The molecule has 2 aromatic carbocycles. The highest BCUT2D eigenvalue weighted by Gasteiger charge is 2.43. The summed E-state index contributed by atoms with van der Waals surface area (Å²) >= 11 is 6.18. The van der Waals surface area contributed by atoms with E-state index in [2.05, 4.69) is 31.2 Å². The molecule has 0 N–H and O–H groups in total. The van der Waals surface area contributed by atoms with Crippen LogP contribution in [0.15, 0.2) is 60.7 Å². The normalized spacial score (nSPS) is 12.6. The summed E-state index contributed by atoms with van der Waals surface area (Å²) in [4.78, 5) is 12.6. The number of alkyl halides is 1. The molecule has 4 heteroatoms. The lowest BCUT2D eigenvalue weighted by Gasteiger charge is -2.32. The number of carbonyl (C=O) groups is 1. The smallest absolute Gasteiger partial charge is 0.318 e. The molecule has 0 radical (unpaired) electrons. The van der Waals surface area contributed by atoms with Crippen molar-refractivity contribution in [3.8, 4) is 0 Å². The summed E-state index contributed by atoms with van der Waals surface area (Å²) in [5.41, 5.74) is 0. The maximum Gasteiger partial charge on any atom is 0.318 e. The Kier molecular flexibility index (Phi) is 7.07. The van der Waals surface area contributed by atoms with Gasteiger partial charge in [-0.05, 0) is 22.8 Å².